The van der Waals surface area contributed by atoms with E-state index < -0.39 is 0 Å². The van der Waals surface area contributed by atoms with Gasteiger partial charge in [0.15, 0.2) is 5.82 Å². The molecule has 0 atom stereocenters. The van der Waals surface area contributed by atoms with Gasteiger partial charge in [-0.2, -0.15) is 5.10 Å². The number of hydrogen-bond acceptors (Lipinski definition) is 4. The van der Waals surface area contributed by atoms with Crippen LogP contribution in [0, 0.1) is 0 Å². The van der Waals surface area contributed by atoms with Crippen LogP contribution in [0.3, 0.4) is 0 Å². The normalized spacial score (nSPS) is 10.5. The van der Waals surface area contributed by atoms with Crippen molar-refractivity contribution < 1.29 is 0 Å². The van der Waals surface area contributed by atoms with Gasteiger partial charge in [0.1, 0.15) is 5.69 Å². The van der Waals surface area contributed by atoms with Gasteiger partial charge in [-0.25, -0.2) is 4.68 Å². The lowest BCUT2D eigenvalue weighted by molar-refractivity contribution is 0.661. The Kier molecular flexibility index (Phi) is 2.24. The van der Waals surface area contributed by atoms with Crippen LogP contribution in [0.1, 0.15) is 0 Å². The van der Waals surface area contributed by atoms with Gasteiger partial charge in [0, 0.05) is 13.2 Å². The molecule has 2 aromatic rings. The minimum atomic E-state index is 0.403. The standard InChI is InChI=1S/C9H12N6/c1-3-6-15-8(9(10)12-13-15)7-4-5-11-14(7)2/h3-5H,1,6,10H2,2H3. The Morgan fingerprint density at radius 3 is 3.00 bits per heavy atom. The highest BCUT2D eigenvalue weighted by atomic mass is 15.4. The summed E-state index contributed by atoms with van der Waals surface area (Å²) in [5.41, 5.74) is 7.42. The molecule has 0 fully saturated rings. The van der Waals surface area contributed by atoms with Crippen molar-refractivity contribution in [1.82, 2.24) is 24.8 Å². The first-order valence-corrected chi connectivity index (χ1v) is 4.52. The Hall–Kier alpha value is -2.11. The first kappa shape index (κ1) is 9.45. The van der Waals surface area contributed by atoms with Gasteiger partial charge in [-0.05, 0) is 6.07 Å². The van der Waals surface area contributed by atoms with E-state index in [1.54, 1.807) is 21.6 Å². The molecular formula is C9H12N6. The Bertz CT molecular complexity index is 481. The van der Waals surface area contributed by atoms with Crippen LogP contribution in [0.2, 0.25) is 0 Å². The van der Waals surface area contributed by atoms with Crippen LogP contribution >= 0.6 is 0 Å². The van der Waals surface area contributed by atoms with E-state index in [0.717, 1.165) is 11.4 Å². The fourth-order valence-electron chi connectivity index (χ4n) is 1.45. The lowest BCUT2D eigenvalue weighted by Gasteiger charge is -2.04. The molecule has 0 unspecified atom stereocenters. The summed E-state index contributed by atoms with van der Waals surface area (Å²) >= 11 is 0. The SMILES string of the molecule is C=CCn1nnc(N)c1-c1ccnn1C. The van der Waals surface area contributed by atoms with Crippen LogP contribution in [-0.4, -0.2) is 24.8 Å². The van der Waals surface area contributed by atoms with Crippen molar-refractivity contribution in [3.63, 3.8) is 0 Å². The zero-order valence-electron chi connectivity index (χ0n) is 8.46. The number of allylic oxidation sites excluding steroid dienone is 1. The molecule has 2 heterocycles. The zero-order valence-corrected chi connectivity index (χ0v) is 8.46. The lowest BCUT2D eigenvalue weighted by Crippen LogP contribution is -2.04. The van der Waals surface area contributed by atoms with Gasteiger partial charge in [0.25, 0.3) is 0 Å². The smallest absolute Gasteiger partial charge is 0.175 e. The fourth-order valence-corrected chi connectivity index (χ4v) is 1.45. The van der Waals surface area contributed by atoms with Gasteiger partial charge in [-0.1, -0.05) is 11.3 Å². The minimum Gasteiger partial charge on any atom is -0.380 e. The van der Waals surface area contributed by atoms with E-state index in [2.05, 4.69) is 22.0 Å². The van der Waals surface area contributed by atoms with Crippen molar-refractivity contribution in [1.29, 1.82) is 0 Å². The van der Waals surface area contributed by atoms with Crippen molar-refractivity contribution in [2.24, 2.45) is 7.05 Å². The summed E-state index contributed by atoms with van der Waals surface area (Å²) in [6.45, 7) is 4.23. The molecule has 2 N–H and O–H groups in total. The summed E-state index contributed by atoms with van der Waals surface area (Å²) in [5, 5.41) is 11.8. The summed E-state index contributed by atoms with van der Waals surface area (Å²) in [6.07, 6.45) is 3.45. The summed E-state index contributed by atoms with van der Waals surface area (Å²) in [4.78, 5) is 0. The third kappa shape index (κ3) is 1.50. The van der Waals surface area contributed by atoms with Crippen molar-refractivity contribution in [3.05, 3.63) is 24.9 Å². The molecule has 78 valence electrons. The fraction of sp³-hybridized carbons (Fsp3) is 0.222. The molecule has 0 saturated heterocycles. The molecule has 0 spiro atoms. The highest BCUT2D eigenvalue weighted by molar-refractivity contribution is 5.66. The predicted octanol–water partition coefficient (Wildman–Crippen LogP) is 0.447. The van der Waals surface area contributed by atoms with E-state index in [9.17, 15) is 0 Å². The second kappa shape index (κ2) is 3.56. The lowest BCUT2D eigenvalue weighted by atomic mass is 10.3. The molecule has 0 amide bonds. The van der Waals surface area contributed by atoms with Crippen LogP contribution in [0.4, 0.5) is 5.82 Å². The third-order valence-corrected chi connectivity index (χ3v) is 2.13. The van der Waals surface area contributed by atoms with Gasteiger partial charge in [0.2, 0.25) is 0 Å². The molecule has 0 bridgehead atoms. The summed E-state index contributed by atoms with van der Waals surface area (Å²) in [7, 11) is 1.85. The highest BCUT2D eigenvalue weighted by Crippen LogP contribution is 2.22. The van der Waals surface area contributed by atoms with E-state index in [0.29, 0.717) is 12.4 Å². The molecule has 2 aromatic heterocycles. The maximum Gasteiger partial charge on any atom is 0.175 e. The molecule has 0 aliphatic heterocycles. The summed E-state index contributed by atoms with van der Waals surface area (Å²) < 4.78 is 3.42. The van der Waals surface area contributed by atoms with Gasteiger partial charge >= 0.3 is 0 Å². The Morgan fingerprint density at radius 1 is 1.60 bits per heavy atom. The van der Waals surface area contributed by atoms with Gasteiger partial charge in [-0.3, -0.25) is 4.68 Å². The number of aromatic nitrogens is 5. The quantitative estimate of drug-likeness (QED) is 0.736. The Morgan fingerprint density at radius 2 is 2.40 bits per heavy atom. The Labute approximate surface area is 87.0 Å². The molecule has 15 heavy (non-hydrogen) atoms. The predicted molar refractivity (Wildman–Crippen MR) is 56.8 cm³/mol. The zero-order chi connectivity index (χ0) is 10.8. The van der Waals surface area contributed by atoms with Gasteiger partial charge in [-0.15, -0.1) is 11.7 Å². The Balaban J connectivity index is 2.55. The van der Waals surface area contributed by atoms with Crippen LogP contribution in [0.5, 0.6) is 0 Å². The summed E-state index contributed by atoms with van der Waals surface area (Å²) in [5.74, 6) is 0.403. The van der Waals surface area contributed by atoms with Crippen LogP contribution in [0.15, 0.2) is 24.9 Å². The first-order chi connectivity index (χ1) is 7.24. The highest BCUT2D eigenvalue weighted by Gasteiger charge is 2.14. The average molecular weight is 204 g/mol. The molecule has 6 nitrogen and oxygen atoms in total. The molecule has 0 radical (unpaired) electrons. The van der Waals surface area contributed by atoms with Crippen molar-refractivity contribution >= 4 is 5.82 Å². The molecule has 0 aromatic carbocycles. The largest absolute Gasteiger partial charge is 0.380 e. The second-order valence-electron chi connectivity index (χ2n) is 3.13. The topological polar surface area (TPSA) is 74.6 Å². The maximum absolute atomic E-state index is 5.76. The number of anilines is 1. The molecule has 0 aliphatic carbocycles. The van der Waals surface area contributed by atoms with Crippen LogP contribution in [-0.2, 0) is 13.6 Å². The van der Waals surface area contributed by atoms with Crippen molar-refractivity contribution in [2.75, 3.05) is 5.73 Å². The van der Waals surface area contributed by atoms with Crippen molar-refractivity contribution in [3.8, 4) is 11.4 Å². The maximum atomic E-state index is 5.76. The van der Waals surface area contributed by atoms with E-state index in [1.165, 1.54) is 0 Å². The van der Waals surface area contributed by atoms with E-state index in [4.69, 9.17) is 5.73 Å². The summed E-state index contributed by atoms with van der Waals surface area (Å²) in [6, 6.07) is 1.87. The third-order valence-electron chi connectivity index (χ3n) is 2.13. The monoisotopic (exact) mass is 204 g/mol. The number of nitrogens with zero attached hydrogens (tertiary/aromatic N) is 5. The number of hydrogen-bond donors (Lipinski definition) is 1. The van der Waals surface area contributed by atoms with Crippen molar-refractivity contribution in [2.45, 2.75) is 6.54 Å². The number of nitrogen functional groups attached to an aromatic ring is 1. The van der Waals surface area contributed by atoms with Gasteiger partial charge in [0.05, 0.1) is 12.2 Å². The number of rotatable bonds is 3. The molecule has 2 rings (SSSR count). The van der Waals surface area contributed by atoms with E-state index >= 15 is 0 Å². The minimum absolute atomic E-state index is 0.403. The molecule has 6 heteroatoms. The van der Waals surface area contributed by atoms with Crippen LogP contribution in [0.25, 0.3) is 11.4 Å². The second-order valence-corrected chi connectivity index (χ2v) is 3.13. The molecule has 0 saturated carbocycles. The van der Waals surface area contributed by atoms with Crippen LogP contribution < -0.4 is 5.73 Å². The average Bonchev–Trinajstić information content (AvgIpc) is 2.75. The molecule has 0 aliphatic rings. The number of nitrogens with two attached hydrogens (primary N) is 1. The van der Waals surface area contributed by atoms with E-state index in [1.807, 2.05) is 13.1 Å². The number of aryl methyl sites for hydroxylation is 1. The van der Waals surface area contributed by atoms with E-state index in [-0.39, 0.29) is 0 Å². The molecular weight excluding hydrogens is 192 g/mol. The first-order valence-electron chi connectivity index (χ1n) is 4.52. The van der Waals surface area contributed by atoms with Gasteiger partial charge < -0.3 is 5.73 Å².